The lowest BCUT2D eigenvalue weighted by Crippen LogP contribution is -2.46. The third kappa shape index (κ3) is 4.31. The average molecular weight is 608 g/mol. The molecule has 5 rings (SSSR count). The molecule has 1 aliphatic heterocycles. The molecule has 4 aromatic rings. The van der Waals surface area contributed by atoms with Crippen LogP contribution in [0.2, 0.25) is 0 Å². The van der Waals surface area contributed by atoms with Gasteiger partial charge in [-0.3, -0.25) is 19.3 Å². The molecule has 0 N–H and O–H groups in total. The van der Waals surface area contributed by atoms with E-state index in [2.05, 4.69) is 31.9 Å². The minimum Gasteiger partial charge on any atom is -0.497 e. The predicted molar refractivity (Wildman–Crippen MR) is 146 cm³/mol. The van der Waals surface area contributed by atoms with Crippen molar-refractivity contribution >= 4 is 66.0 Å². The third-order valence-electron chi connectivity index (χ3n) is 6.21. The van der Waals surface area contributed by atoms with Crippen LogP contribution in [0.4, 0.5) is 5.69 Å². The number of carbonyl (C=O) groups excluding carboxylic acids is 3. The molecule has 0 fully saturated rings. The standard InChI is InChI=1S/C28H20Br2N2O4/c1-36-20-11-9-19(10-12-20)31(26(33)17-5-7-18(29)8-6-17)15-16-32-27(34)22-4-2-3-21-24(30)14-13-23(25(21)22)28(32)35/h2-14H,15-16H2,1H3. The van der Waals surface area contributed by atoms with Crippen molar-refractivity contribution in [2.24, 2.45) is 0 Å². The Hall–Kier alpha value is -3.49. The number of halogens is 2. The second-order valence-electron chi connectivity index (χ2n) is 8.25. The summed E-state index contributed by atoms with van der Waals surface area (Å²) in [6.45, 7) is 0.165. The first-order chi connectivity index (χ1) is 17.4. The topological polar surface area (TPSA) is 66.9 Å². The van der Waals surface area contributed by atoms with Crippen LogP contribution in [0, 0.1) is 0 Å². The Bertz CT molecular complexity index is 1480. The van der Waals surface area contributed by atoms with Gasteiger partial charge in [0.05, 0.1) is 7.11 Å². The number of methoxy groups -OCH3 is 1. The molecule has 1 aliphatic rings. The maximum atomic E-state index is 13.5. The van der Waals surface area contributed by atoms with Crippen molar-refractivity contribution in [3.63, 3.8) is 0 Å². The zero-order chi connectivity index (χ0) is 25.4. The lowest BCUT2D eigenvalue weighted by molar-refractivity contribution is 0.0611. The van der Waals surface area contributed by atoms with Gasteiger partial charge in [-0.25, -0.2) is 0 Å². The van der Waals surface area contributed by atoms with Crippen LogP contribution in [-0.4, -0.2) is 42.8 Å². The Morgan fingerprint density at radius 2 is 1.53 bits per heavy atom. The number of ether oxygens (including phenoxy) is 1. The van der Waals surface area contributed by atoms with Crippen LogP contribution in [0.25, 0.3) is 10.8 Å². The molecule has 180 valence electrons. The molecule has 1 heterocycles. The van der Waals surface area contributed by atoms with E-state index in [0.29, 0.717) is 33.5 Å². The van der Waals surface area contributed by atoms with Crippen LogP contribution in [-0.2, 0) is 0 Å². The molecule has 6 nitrogen and oxygen atoms in total. The quantitative estimate of drug-likeness (QED) is 0.241. The van der Waals surface area contributed by atoms with Gasteiger partial charge in [0.15, 0.2) is 0 Å². The van der Waals surface area contributed by atoms with Gasteiger partial charge in [-0.05, 0) is 72.1 Å². The van der Waals surface area contributed by atoms with Crippen LogP contribution >= 0.6 is 31.9 Å². The number of amides is 3. The summed E-state index contributed by atoms with van der Waals surface area (Å²) < 4.78 is 6.93. The zero-order valence-corrected chi connectivity index (χ0v) is 22.4. The van der Waals surface area contributed by atoms with E-state index in [-0.39, 0.29) is 30.8 Å². The first kappa shape index (κ1) is 24.2. The molecular formula is C28H20Br2N2O4. The molecule has 36 heavy (non-hydrogen) atoms. The number of hydrogen-bond acceptors (Lipinski definition) is 4. The summed E-state index contributed by atoms with van der Waals surface area (Å²) in [5.74, 6) is -0.327. The van der Waals surface area contributed by atoms with E-state index < -0.39 is 0 Å². The first-order valence-corrected chi connectivity index (χ1v) is 12.8. The number of hydrogen-bond donors (Lipinski definition) is 0. The summed E-state index contributed by atoms with van der Waals surface area (Å²) in [5.41, 5.74) is 2.06. The highest BCUT2D eigenvalue weighted by atomic mass is 79.9. The Morgan fingerprint density at radius 1 is 0.861 bits per heavy atom. The second kappa shape index (κ2) is 9.87. The number of carbonyl (C=O) groups is 3. The summed E-state index contributed by atoms with van der Waals surface area (Å²) in [6.07, 6.45) is 0. The Balaban J connectivity index is 1.47. The summed E-state index contributed by atoms with van der Waals surface area (Å²) in [7, 11) is 1.57. The molecule has 8 heteroatoms. The van der Waals surface area contributed by atoms with Crippen molar-refractivity contribution in [1.82, 2.24) is 4.90 Å². The second-order valence-corrected chi connectivity index (χ2v) is 10.0. The maximum absolute atomic E-state index is 13.5. The van der Waals surface area contributed by atoms with E-state index >= 15 is 0 Å². The van der Waals surface area contributed by atoms with Gasteiger partial charge < -0.3 is 9.64 Å². The maximum Gasteiger partial charge on any atom is 0.261 e. The average Bonchev–Trinajstić information content (AvgIpc) is 2.90. The largest absolute Gasteiger partial charge is 0.497 e. The van der Waals surface area contributed by atoms with Gasteiger partial charge in [-0.15, -0.1) is 0 Å². The summed E-state index contributed by atoms with van der Waals surface area (Å²) >= 11 is 6.90. The van der Waals surface area contributed by atoms with Crippen molar-refractivity contribution in [2.45, 2.75) is 0 Å². The number of imide groups is 1. The predicted octanol–water partition coefficient (Wildman–Crippen LogP) is 6.32. The van der Waals surface area contributed by atoms with Crippen LogP contribution in [0.3, 0.4) is 0 Å². The molecule has 3 amide bonds. The molecule has 0 atom stereocenters. The van der Waals surface area contributed by atoms with Crippen molar-refractivity contribution in [2.75, 3.05) is 25.1 Å². The molecule has 0 saturated heterocycles. The van der Waals surface area contributed by atoms with E-state index in [0.717, 1.165) is 14.3 Å². The smallest absolute Gasteiger partial charge is 0.261 e. The first-order valence-electron chi connectivity index (χ1n) is 11.2. The summed E-state index contributed by atoms with van der Waals surface area (Å²) in [4.78, 5) is 43.1. The molecule has 0 bridgehead atoms. The van der Waals surface area contributed by atoms with E-state index in [9.17, 15) is 14.4 Å². The van der Waals surface area contributed by atoms with Gasteiger partial charge in [0.2, 0.25) is 0 Å². The molecule has 0 saturated carbocycles. The summed E-state index contributed by atoms with van der Waals surface area (Å²) in [5, 5.41) is 1.47. The monoisotopic (exact) mass is 606 g/mol. The molecule has 0 unspecified atom stereocenters. The van der Waals surface area contributed by atoms with Crippen LogP contribution < -0.4 is 9.64 Å². The fraction of sp³-hybridized carbons (Fsp3) is 0.107. The van der Waals surface area contributed by atoms with Crippen LogP contribution in [0.1, 0.15) is 31.1 Å². The van der Waals surface area contributed by atoms with Gasteiger partial charge in [-0.1, -0.05) is 44.0 Å². The SMILES string of the molecule is COc1ccc(N(CCN2C(=O)c3cccc4c(Br)ccc(c34)C2=O)C(=O)c2ccc(Br)cc2)cc1. The Morgan fingerprint density at radius 3 is 2.19 bits per heavy atom. The van der Waals surface area contributed by atoms with Crippen molar-refractivity contribution < 1.29 is 19.1 Å². The highest BCUT2D eigenvalue weighted by Crippen LogP contribution is 2.34. The molecule has 4 aromatic carbocycles. The molecule has 0 aromatic heterocycles. The highest BCUT2D eigenvalue weighted by molar-refractivity contribution is 9.11. The summed E-state index contributed by atoms with van der Waals surface area (Å²) in [6, 6.07) is 23.1. The lowest BCUT2D eigenvalue weighted by Gasteiger charge is -2.30. The fourth-order valence-electron chi connectivity index (χ4n) is 4.37. The van der Waals surface area contributed by atoms with Gasteiger partial charge in [0.1, 0.15) is 5.75 Å². The van der Waals surface area contributed by atoms with Gasteiger partial charge in [0, 0.05) is 49.8 Å². The Kier molecular flexibility index (Phi) is 6.64. The van der Waals surface area contributed by atoms with E-state index in [1.807, 2.05) is 12.1 Å². The Labute approximate surface area is 224 Å². The highest BCUT2D eigenvalue weighted by Gasteiger charge is 2.33. The van der Waals surface area contributed by atoms with Gasteiger partial charge in [-0.2, -0.15) is 0 Å². The minimum absolute atomic E-state index is 0.0395. The van der Waals surface area contributed by atoms with E-state index in [4.69, 9.17) is 4.74 Å². The normalized spacial score (nSPS) is 12.7. The molecular weight excluding hydrogens is 588 g/mol. The number of anilines is 1. The van der Waals surface area contributed by atoms with Crippen molar-refractivity contribution in [3.8, 4) is 5.75 Å². The van der Waals surface area contributed by atoms with Crippen molar-refractivity contribution in [3.05, 3.63) is 104 Å². The number of nitrogens with zero attached hydrogens (tertiary/aromatic N) is 2. The van der Waals surface area contributed by atoms with Crippen LogP contribution in [0.15, 0.2) is 87.8 Å². The number of rotatable bonds is 6. The van der Waals surface area contributed by atoms with Gasteiger partial charge in [0.25, 0.3) is 17.7 Å². The van der Waals surface area contributed by atoms with E-state index in [1.54, 1.807) is 78.7 Å². The number of benzene rings is 4. The molecule has 0 aliphatic carbocycles. The fourth-order valence-corrected chi connectivity index (χ4v) is 5.10. The lowest BCUT2D eigenvalue weighted by atomic mass is 9.94. The minimum atomic E-state index is -0.373. The van der Waals surface area contributed by atoms with Gasteiger partial charge >= 0.3 is 0 Å². The third-order valence-corrected chi connectivity index (χ3v) is 7.43. The molecule has 0 spiro atoms. The van der Waals surface area contributed by atoms with Crippen LogP contribution in [0.5, 0.6) is 5.75 Å². The zero-order valence-electron chi connectivity index (χ0n) is 19.2. The van der Waals surface area contributed by atoms with Crippen molar-refractivity contribution in [1.29, 1.82) is 0 Å². The molecule has 0 radical (unpaired) electrons. The van der Waals surface area contributed by atoms with E-state index in [1.165, 1.54) is 4.90 Å².